The highest BCUT2D eigenvalue weighted by atomic mass is 79.9. The summed E-state index contributed by atoms with van der Waals surface area (Å²) in [4.78, 5) is 11.7. The summed E-state index contributed by atoms with van der Waals surface area (Å²) in [6.07, 6.45) is 4.84. The molecule has 0 spiro atoms. The first-order valence-corrected chi connectivity index (χ1v) is 13.1. The molecule has 4 rings (SSSR count). The zero-order valence-electron chi connectivity index (χ0n) is 19.6. The molecule has 0 heterocycles. The lowest BCUT2D eigenvalue weighted by molar-refractivity contribution is -0.137. The predicted octanol–water partition coefficient (Wildman–Crippen LogP) is 9.25. The zero-order chi connectivity index (χ0) is 24.9. The molecule has 0 fully saturated rings. The van der Waals surface area contributed by atoms with E-state index < -0.39 is 0 Å². The fraction of sp³-hybridized carbons (Fsp3) is 0.167. The summed E-state index contributed by atoms with van der Waals surface area (Å²) >= 11 is 16.8. The molecule has 0 saturated carbocycles. The molecule has 1 aliphatic carbocycles. The van der Waals surface area contributed by atoms with E-state index >= 15 is 0 Å². The molecule has 2 nitrogen and oxygen atoms in total. The minimum Gasteiger partial charge on any atom is -0.463 e. The maximum absolute atomic E-state index is 11.7. The maximum atomic E-state index is 11.7. The summed E-state index contributed by atoms with van der Waals surface area (Å²) < 4.78 is 6.09. The number of hydrogen-bond donors (Lipinski definition) is 0. The van der Waals surface area contributed by atoms with Crippen LogP contribution in [0.1, 0.15) is 48.1 Å². The molecule has 178 valence electrons. The van der Waals surface area contributed by atoms with Gasteiger partial charge < -0.3 is 4.74 Å². The number of rotatable bonds is 7. The minimum atomic E-state index is -0.347. The Morgan fingerprint density at radius 3 is 2.43 bits per heavy atom. The summed E-state index contributed by atoms with van der Waals surface area (Å²) in [6, 6.07) is 22.3. The molecule has 0 aliphatic heterocycles. The van der Waals surface area contributed by atoms with Gasteiger partial charge in [0.2, 0.25) is 0 Å². The second-order valence-corrected chi connectivity index (χ2v) is 9.80. The van der Waals surface area contributed by atoms with Crippen LogP contribution >= 0.6 is 39.1 Å². The second-order valence-electron chi connectivity index (χ2n) is 8.17. The monoisotopic (exact) mass is 566 g/mol. The van der Waals surface area contributed by atoms with Crippen LogP contribution < -0.4 is 0 Å². The van der Waals surface area contributed by atoms with E-state index in [1.54, 1.807) is 19.1 Å². The summed E-state index contributed by atoms with van der Waals surface area (Å²) in [5.74, 6) is -0.347. The quantitative estimate of drug-likeness (QED) is 0.161. The molecular formula is C30H25BrCl2O2. The predicted molar refractivity (Wildman–Crippen MR) is 152 cm³/mol. The van der Waals surface area contributed by atoms with Gasteiger partial charge in [-0.25, -0.2) is 4.79 Å². The van der Waals surface area contributed by atoms with Crippen LogP contribution in [0.3, 0.4) is 0 Å². The standard InChI is InChI=1S/C30H25BrCl2O2/c1-3-23(25-15-14-22(32)18-27(25)33)29(26-17-21-7-5-6-8-24(21)30(26)31)20-12-9-19(10-13-20)11-16-28(34)35-4-2/h5-16,18H,3-4,17H2,1-2H3/b16-11+,29-23+. The Labute approximate surface area is 225 Å². The van der Waals surface area contributed by atoms with Crippen molar-refractivity contribution in [1.82, 2.24) is 0 Å². The molecule has 3 aromatic rings. The zero-order valence-corrected chi connectivity index (χ0v) is 22.7. The molecule has 35 heavy (non-hydrogen) atoms. The van der Waals surface area contributed by atoms with Crippen LogP contribution in [0.25, 0.3) is 21.7 Å². The van der Waals surface area contributed by atoms with Crippen LogP contribution in [0.4, 0.5) is 0 Å². The highest BCUT2D eigenvalue weighted by molar-refractivity contribution is 9.15. The Bertz CT molecular complexity index is 1350. The number of hydrogen-bond acceptors (Lipinski definition) is 2. The normalized spacial score (nSPS) is 13.7. The molecule has 0 atom stereocenters. The van der Waals surface area contributed by atoms with E-state index in [9.17, 15) is 4.79 Å². The second kappa shape index (κ2) is 11.4. The Morgan fingerprint density at radius 2 is 1.77 bits per heavy atom. The first-order valence-electron chi connectivity index (χ1n) is 11.5. The molecule has 0 saturated heterocycles. The number of fused-ring (bicyclic) bond motifs is 1. The lowest BCUT2D eigenvalue weighted by Crippen LogP contribution is -1.99. The molecule has 0 radical (unpaired) electrons. The van der Waals surface area contributed by atoms with Crippen LogP contribution in [0.15, 0.2) is 78.4 Å². The van der Waals surface area contributed by atoms with Crippen molar-refractivity contribution in [1.29, 1.82) is 0 Å². The molecule has 1 aliphatic rings. The van der Waals surface area contributed by atoms with Crippen molar-refractivity contribution in [3.8, 4) is 0 Å². The van der Waals surface area contributed by atoms with Gasteiger partial charge in [0.15, 0.2) is 0 Å². The van der Waals surface area contributed by atoms with E-state index in [0.717, 1.165) is 45.2 Å². The Balaban J connectivity index is 1.85. The molecule has 3 aromatic carbocycles. The average molecular weight is 568 g/mol. The Kier molecular flexibility index (Phi) is 8.33. The third-order valence-electron chi connectivity index (χ3n) is 6.00. The molecule has 0 amide bonds. The van der Waals surface area contributed by atoms with Crippen molar-refractivity contribution in [2.75, 3.05) is 6.61 Å². The van der Waals surface area contributed by atoms with E-state index in [-0.39, 0.29) is 5.97 Å². The van der Waals surface area contributed by atoms with E-state index in [1.807, 2.05) is 24.3 Å². The fourth-order valence-corrected chi connectivity index (χ4v) is 5.65. The molecule has 0 bridgehead atoms. The summed E-state index contributed by atoms with van der Waals surface area (Å²) in [5, 5.41) is 1.25. The Morgan fingerprint density at radius 1 is 1.03 bits per heavy atom. The number of allylic oxidation sites excluding steroid dienone is 3. The van der Waals surface area contributed by atoms with Crippen molar-refractivity contribution in [2.24, 2.45) is 0 Å². The van der Waals surface area contributed by atoms with Crippen molar-refractivity contribution in [3.63, 3.8) is 0 Å². The van der Waals surface area contributed by atoms with Gasteiger partial charge in [0.1, 0.15) is 0 Å². The van der Waals surface area contributed by atoms with Gasteiger partial charge in [0, 0.05) is 20.6 Å². The Hall–Kier alpha value is -2.59. The van der Waals surface area contributed by atoms with Crippen LogP contribution in [-0.4, -0.2) is 12.6 Å². The number of carbonyl (C=O) groups is 1. The van der Waals surface area contributed by atoms with E-state index in [4.69, 9.17) is 27.9 Å². The van der Waals surface area contributed by atoms with E-state index in [2.05, 4.69) is 59.3 Å². The minimum absolute atomic E-state index is 0.347. The van der Waals surface area contributed by atoms with Crippen LogP contribution in [0.2, 0.25) is 10.0 Å². The lowest BCUT2D eigenvalue weighted by atomic mass is 9.87. The molecule has 0 unspecified atom stereocenters. The van der Waals surface area contributed by atoms with Gasteiger partial charge in [-0.15, -0.1) is 0 Å². The average Bonchev–Trinajstić information content (AvgIpc) is 3.18. The lowest BCUT2D eigenvalue weighted by Gasteiger charge is -2.19. The van der Waals surface area contributed by atoms with Gasteiger partial charge in [-0.3, -0.25) is 0 Å². The van der Waals surface area contributed by atoms with Crippen molar-refractivity contribution in [2.45, 2.75) is 26.7 Å². The van der Waals surface area contributed by atoms with Gasteiger partial charge in [-0.05, 0) is 98.4 Å². The number of benzene rings is 3. The number of esters is 1. The summed E-state index contributed by atoms with van der Waals surface area (Å²) in [7, 11) is 0. The van der Waals surface area contributed by atoms with Gasteiger partial charge in [0.25, 0.3) is 0 Å². The van der Waals surface area contributed by atoms with Crippen LogP contribution in [-0.2, 0) is 16.0 Å². The first kappa shape index (κ1) is 25.5. The SMILES string of the molecule is CCOC(=O)/C=C/c1ccc(/C(C2=C(Br)c3ccccc3C2)=C(/CC)c2ccc(Cl)cc2Cl)cc1. The molecule has 0 aromatic heterocycles. The largest absolute Gasteiger partial charge is 0.463 e. The first-order chi connectivity index (χ1) is 16.9. The van der Waals surface area contributed by atoms with Crippen LogP contribution in [0, 0.1) is 0 Å². The van der Waals surface area contributed by atoms with E-state index in [0.29, 0.717) is 16.7 Å². The fourth-order valence-electron chi connectivity index (χ4n) is 4.40. The molecular weight excluding hydrogens is 543 g/mol. The molecule has 5 heteroatoms. The van der Waals surface area contributed by atoms with Gasteiger partial charge >= 0.3 is 5.97 Å². The number of halogens is 3. The van der Waals surface area contributed by atoms with Crippen LogP contribution in [0.5, 0.6) is 0 Å². The maximum Gasteiger partial charge on any atom is 0.330 e. The van der Waals surface area contributed by atoms with Gasteiger partial charge in [0.05, 0.1) is 6.61 Å². The van der Waals surface area contributed by atoms with Crippen molar-refractivity contribution < 1.29 is 9.53 Å². The topological polar surface area (TPSA) is 26.3 Å². The van der Waals surface area contributed by atoms with Crippen molar-refractivity contribution in [3.05, 3.63) is 116 Å². The third-order valence-corrected chi connectivity index (χ3v) is 7.45. The summed E-state index contributed by atoms with van der Waals surface area (Å²) in [6.45, 7) is 4.30. The number of carbonyl (C=O) groups excluding carboxylic acids is 1. The molecule has 0 N–H and O–H groups in total. The highest BCUT2D eigenvalue weighted by Gasteiger charge is 2.25. The smallest absolute Gasteiger partial charge is 0.330 e. The third kappa shape index (κ3) is 5.64. The highest BCUT2D eigenvalue weighted by Crippen LogP contribution is 2.47. The van der Waals surface area contributed by atoms with E-state index in [1.165, 1.54) is 22.8 Å². The summed E-state index contributed by atoms with van der Waals surface area (Å²) in [5.41, 5.74) is 9.02. The van der Waals surface area contributed by atoms with Crippen molar-refractivity contribution >= 4 is 66.8 Å². The van der Waals surface area contributed by atoms with Gasteiger partial charge in [-0.1, -0.05) is 84.7 Å². The van der Waals surface area contributed by atoms with Gasteiger partial charge in [-0.2, -0.15) is 0 Å². The number of ether oxygens (including phenoxy) is 1.